The van der Waals surface area contributed by atoms with E-state index >= 15 is 0 Å². The summed E-state index contributed by atoms with van der Waals surface area (Å²) < 4.78 is 2.28. The fourth-order valence-electron chi connectivity index (χ4n) is 3.26. The second kappa shape index (κ2) is 4.74. The minimum Gasteiger partial charge on any atom is -0.347 e. The first-order chi connectivity index (χ1) is 10.3. The molecule has 3 nitrogen and oxygen atoms in total. The minimum atomic E-state index is 0.156. The van der Waals surface area contributed by atoms with E-state index in [0.29, 0.717) is 6.54 Å². The molecule has 0 bridgehead atoms. The summed E-state index contributed by atoms with van der Waals surface area (Å²) in [6, 6.07) is 12.3. The van der Waals surface area contributed by atoms with Crippen LogP contribution in [0.3, 0.4) is 0 Å². The van der Waals surface area contributed by atoms with Crippen LogP contribution in [0.4, 0.5) is 0 Å². The van der Waals surface area contributed by atoms with Crippen molar-refractivity contribution in [1.29, 1.82) is 0 Å². The molecular formula is C17H16N2OS. The van der Waals surface area contributed by atoms with E-state index in [1.54, 1.807) is 0 Å². The predicted octanol–water partition coefficient (Wildman–Crippen LogP) is 3.44. The van der Waals surface area contributed by atoms with E-state index in [0.717, 1.165) is 17.8 Å². The number of fused-ring (bicyclic) bond motifs is 3. The summed E-state index contributed by atoms with van der Waals surface area (Å²) in [5.74, 6) is 0.156. The van der Waals surface area contributed by atoms with Crippen LogP contribution in [-0.2, 0) is 20.0 Å². The number of aromatic nitrogens is 1. The van der Waals surface area contributed by atoms with Gasteiger partial charge in [0.2, 0.25) is 0 Å². The lowest BCUT2D eigenvalue weighted by Crippen LogP contribution is -2.35. The molecule has 0 spiro atoms. The van der Waals surface area contributed by atoms with E-state index in [-0.39, 0.29) is 5.91 Å². The monoisotopic (exact) mass is 296 g/mol. The first-order valence-electron chi connectivity index (χ1n) is 7.13. The molecule has 1 amide bonds. The summed E-state index contributed by atoms with van der Waals surface area (Å²) in [6.45, 7) is 1.52. The van der Waals surface area contributed by atoms with Crippen LogP contribution in [0.5, 0.6) is 0 Å². The van der Waals surface area contributed by atoms with Crippen molar-refractivity contribution in [2.45, 2.75) is 13.0 Å². The van der Waals surface area contributed by atoms with Crippen LogP contribution in [0.15, 0.2) is 41.8 Å². The molecule has 0 fully saturated rings. The van der Waals surface area contributed by atoms with Gasteiger partial charge in [-0.15, -0.1) is 11.3 Å². The third-order valence-corrected chi connectivity index (χ3v) is 5.19. The molecular weight excluding hydrogens is 280 g/mol. The Balaban J connectivity index is 1.75. The average molecular weight is 296 g/mol. The van der Waals surface area contributed by atoms with Crippen molar-refractivity contribution in [1.82, 2.24) is 9.47 Å². The van der Waals surface area contributed by atoms with E-state index in [4.69, 9.17) is 0 Å². The number of hydrogen-bond acceptors (Lipinski definition) is 2. The Labute approximate surface area is 127 Å². The maximum Gasteiger partial charge on any atom is 0.264 e. The van der Waals surface area contributed by atoms with Gasteiger partial charge in [0.05, 0.1) is 4.88 Å². The second-order valence-electron chi connectivity index (χ2n) is 5.46. The fraction of sp³-hybridized carbons (Fsp3) is 0.235. The van der Waals surface area contributed by atoms with Gasteiger partial charge in [-0.05, 0) is 17.5 Å². The predicted molar refractivity (Wildman–Crippen MR) is 85.7 cm³/mol. The van der Waals surface area contributed by atoms with Crippen LogP contribution in [-0.4, -0.2) is 21.9 Å². The van der Waals surface area contributed by atoms with E-state index < -0.39 is 0 Å². The quantitative estimate of drug-likeness (QED) is 0.675. The highest BCUT2D eigenvalue weighted by molar-refractivity contribution is 7.12. The van der Waals surface area contributed by atoms with E-state index in [9.17, 15) is 4.79 Å². The summed E-state index contributed by atoms with van der Waals surface area (Å²) in [5, 5.41) is 3.24. The van der Waals surface area contributed by atoms with Gasteiger partial charge in [0, 0.05) is 48.7 Å². The molecule has 1 aromatic carbocycles. The highest BCUT2D eigenvalue weighted by atomic mass is 32.1. The van der Waals surface area contributed by atoms with E-state index in [2.05, 4.69) is 35.9 Å². The van der Waals surface area contributed by atoms with Crippen molar-refractivity contribution in [2.24, 2.45) is 7.05 Å². The standard InChI is InChI=1S/C17H16N2OS/c1-18-14-6-3-2-5-12(14)13-11-19(9-8-15(13)18)17(20)16-7-4-10-21-16/h2-7,10H,8-9,11H2,1H3. The number of nitrogens with zero attached hydrogens (tertiary/aromatic N) is 2. The van der Waals surface area contributed by atoms with Crippen molar-refractivity contribution in [3.63, 3.8) is 0 Å². The first kappa shape index (κ1) is 12.7. The largest absolute Gasteiger partial charge is 0.347 e. The molecule has 1 aliphatic rings. The average Bonchev–Trinajstić information content (AvgIpc) is 3.15. The van der Waals surface area contributed by atoms with Gasteiger partial charge in [-0.3, -0.25) is 4.79 Å². The maximum atomic E-state index is 12.5. The number of benzene rings is 1. The summed E-state index contributed by atoms with van der Waals surface area (Å²) >= 11 is 1.52. The first-order valence-corrected chi connectivity index (χ1v) is 8.01. The Hall–Kier alpha value is -2.07. The van der Waals surface area contributed by atoms with Crippen molar-refractivity contribution in [3.8, 4) is 0 Å². The Bertz CT molecular complexity index is 817. The van der Waals surface area contributed by atoms with Gasteiger partial charge in [-0.1, -0.05) is 24.3 Å². The lowest BCUT2D eigenvalue weighted by molar-refractivity contribution is 0.0739. The normalized spacial score (nSPS) is 14.4. The highest BCUT2D eigenvalue weighted by Gasteiger charge is 2.26. The Morgan fingerprint density at radius 3 is 2.86 bits per heavy atom. The second-order valence-corrected chi connectivity index (χ2v) is 6.40. The number of carbonyl (C=O) groups is 1. The fourth-order valence-corrected chi connectivity index (χ4v) is 3.95. The molecule has 106 valence electrons. The molecule has 4 rings (SSSR count). The molecule has 0 aliphatic carbocycles. The molecule has 3 heterocycles. The number of carbonyl (C=O) groups excluding carboxylic acids is 1. The summed E-state index contributed by atoms with van der Waals surface area (Å²) in [5.41, 5.74) is 3.93. The number of rotatable bonds is 1. The SMILES string of the molecule is Cn1c2c(c3ccccc31)CN(C(=O)c1cccs1)CC2. The van der Waals surface area contributed by atoms with Crippen LogP contribution < -0.4 is 0 Å². The maximum absolute atomic E-state index is 12.5. The molecule has 21 heavy (non-hydrogen) atoms. The van der Waals surface area contributed by atoms with Gasteiger partial charge in [-0.25, -0.2) is 0 Å². The van der Waals surface area contributed by atoms with Gasteiger partial charge < -0.3 is 9.47 Å². The highest BCUT2D eigenvalue weighted by Crippen LogP contribution is 2.30. The van der Waals surface area contributed by atoms with Crippen LogP contribution >= 0.6 is 11.3 Å². The molecule has 0 saturated carbocycles. The summed E-state index contributed by atoms with van der Waals surface area (Å²) in [6.07, 6.45) is 0.928. The minimum absolute atomic E-state index is 0.156. The van der Waals surface area contributed by atoms with E-state index in [1.165, 1.54) is 33.5 Å². The Morgan fingerprint density at radius 1 is 1.19 bits per heavy atom. The van der Waals surface area contributed by atoms with Gasteiger partial charge >= 0.3 is 0 Å². The zero-order chi connectivity index (χ0) is 14.4. The van der Waals surface area contributed by atoms with Crippen molar-refractivity contribution in [3.05, 3.63) is 57.9 Å². The van der Waals surface area contributed by atoms with Crippen molar-refractivity contribution in [2.75, 3.05) is 6.54 Å². The Morgan fingerprint density at radius 2 is 2.05 bits per heavy atom. The zero-order valence-corrected chi connectivity index (χ0v) is 12.7. The summed E-state index contributed by atoms with van der Waals surface area (Å²) in [4.78, 5) is 15.3. The molecule has 3 aromatic rings. The van der Waals surface area contributed by atoms with Gasteiger partial charge in [0.25, 0.3) is 5.91 Å². The lowest BCUT2D eigenvalue weighted by Gasteiger charge is -2.27. The molecule has 0 radical (unpaired) electrons. The van der Waals surface area contributed by atoms with Crippen molar-refractivity contribution < 1.29 is 4.79 Å². The number of aryl methyl sites for hydroxylation is 1. The molecule has 0 atom stereocenters. The van der Waals surface area contributed by atoms with E-state index in [1.807, 2.05) is 22.4 Å². The molecule has 2 aromatic heterocycles. The number of para-hydroxylation sites is 1. The van der Waals surface area contributed by atoms with Gasteiger partial charge in [-0.2, -0.15) is 0 Å². The Kier molecular flexibility index (Phi) is 2.86. The van der Waals surface area contributed by atoms with Gasteiger partial charge in [0.15, 0.2) is 0 Å². The molecule has 0 saturated heterocycles. The molecule has 0 unspecified atom stereocenters. The van der Waals surface area contributed by atoms with Crippen molar-refractivity contribution >= 4 is 28.1 Å². The topological polar surface area (TPSA) is 25.2 Å². The summed E-state index contributed by atoms with van der Waals surface area (Å²) in [7, 11) is 2.12. The zero-order valence-electron chi connectivity index (χ0n) is 11.9. The molecule has 0 N–H and O–H groups in total. The van der Waals surface area contributed by atoms with Crippen LogP contribution in [0.25, 0.3) is 10.9 Å². The number of thiophene rings is 1. The van der Waals surface area contributed by atoms with Crippen LogP contribution in [0.2, 0.25) is 0 Å². The molecule has 1 aliphatic heterocycles. The smallest absolute Gasteiger partial charge is 0.264 e. The van der Waals surface area contributed by atoms with Gasteiger partial charge in [0.1, 0.15) is 0 Å². The number of hydrogen-bond donors (Lipinski definition) is 0. The third-order valence-electron chi connectivity index (χ3n) is 4.33. The lowest BCUT2D eigenvalue weighted by atomic mass is 10.0. The third kappa shape index (κ3) is 1.90. The van der Waals surface area contributed by atoms with Crippen LogP contribution in [0.1, 0.15) is 20.9 Å². The molecule has 4 heteroatoms. The number of amides is 1. The van der Waals surface area contributed by atoms with Crippen LogP contribution in [0, 0.1) is 0 Å².